The zero-order valence-electron chi connectivity index (χ0n) is 12.8. The number of rotatable bonds is 5. The van der Waals surface area contributed by atoms with E-state index in [-0.39, 0.29) is 5.57 Å². The van der Waals surface area contributed by atoms with E-state index in [1.165, 1.54) is 13.3 Å². The average molecular weight is 343 g/mol. The van der Waals surface area contributed by atoms with E-state index in [9.17, 15) is 10.1 Å². The molecule has 0 aliphatic heterocycles. The van der Waals surface area contributed by atoms with Gasteiger partial charge in [-0.25, -0.2) is 0 Å². The first-order valence-corrected chi connectivity index (χ1v) is 7.28. The van der Waals surface area contributed by atoms with E-state index in [1.54, 1.807) is 42.5 Å². The Morgan fingerprint density at radius 2 is 2.00 bits per heavy atom. The van der Waals surface area contributed by atoms with E-state index >= 15 is 0 Å². The number of hydrogen-bond donors (Lipinski definition) is 3. The molecule has 2 aromatic carbocycles. The number of nitrogens with two attached hydrogens (primary N) is 1. The molecule has 0 unspecified atom stereocenters. The smallest absolute Gasteiger partial charge is 0.267 e. The third kappa shape index (κ3) is 4.41. The maximum absolute atomic E-state index is 12.2. The molecule has 4 N–H and O–H groups in total. The fourth-order valence-electron chi connectivity index (χ4n) is 1.85. The Morgan fingerprint density at radius 1 is 1.29 bits per heavy atom. The summed E-state index contributed by atoms with van der Waals surface area (Å²) < 4.78 is 5.15. The first-order chi connectivity index (χ1) is 11.5. The Morgan fingerprint density at radius 3 is 2.62 bits per heavy atom. The normalized spacial score (nSPS) is 10.6. The van der Waals surface area contributed by atoms with Crippen molar-refractivity contribution in [2.45, 2.75) is 0 Å². The highest BCUT2D eigenvalue weighted by molar-refractivity contribution is 6.31. The van der Waals surface area contributed by atoms with Gasteiger partial charge in [-0.3, -0.25) is 4.79 Å². The van der Waals surface area contributed by atoms with Gasteiger partial charge in [-0.1, -0.05) is 11.6 Å². The van der Waals surface area contributed by atoms with E-state index in [0.717, 1.165) is 0 Å². The number of nitriles is 1. The average Bonchev–Trinajstić information content (AvgIpc) is 2.57. The van der Waals surface area contributed by atoms with Crippen LogP contribution in [0.5, 0.6) is 5.75 Å². The Balaban J connectivity index is 2.14. The molecule has 0 atom stereocenters. The summed E-state index contributed by atoms with van der Waals surface area (Å²) in [5, 5.41) is 15.1. The van der Waals surface area contributed by atoms with Crippen molar-refractivity contribution in [3.05, 3.63) is 59.3 Å². The van der Waals surface area contributed by atoms with Crippen LogP contribution in [0.25, 0.3) is 0 Å². The number of ether oxygens (including phenoxy) is 1. The summed E-state index contributed by atoms with van der Waals surface area (Å²) in [7, 11) is 1.47. The lowest BCUT2D eigenvalue weighted by Gasteiger charge is -2.10. The second-order valence-electron chi connectivity index (χ2n) is 4.73. The molecule has 6 nitrogen and oxygen atoms in total. The summed E-state index contributed by atoms with van der Waals surface area (Å²) in [6, 6.07) is 13.5. The Kier molecular flexibility index (Phi) is 5.66. The fourth-order valence-corrected chi connectivity index (χ4v) is 2.02. The molecule has 0 fully saturated rings. The summed E-state index contributed by atoms with van der Waals surface area (Å²) in [6.45, 7) is 0. The van der Waals surface area contributed by atoms with Gasteiger partial charge in [0.15, 0.2) is 0 Å². The Hall–Kier alpha value is -3.17. The van der Waals surface area contributed by atoms with Crippen LogP contribution >= 0.6 is 11.6 Å². The molecule has 24 heavy (non-hydrogen) atoms. The molecule has 0 saturated carbocycles. The van der Waals surface area contributed by atoms with Gasteiger partial charge in [-0.05, 0) is 42.5 Å². The van der Waals surface area contributed by atoms with Gasteiger partial charge in [0, 0.05) is 22.6 Å². The van der Waals surface area contributed by atoms with Gasteiger partial charge in [-0.2, -0.15) is 5.26 Å². The van der Waals surface area contributed by atoms with Crippen molar-refractivity contribution in [3.63, 3.8) is 0 Å². The third-order valence-electron chi connectivity index (χ3n) is 3.07. The second-order valence-corrected chi connectivity index (χ2v) is 5.17. The van der Waals surface area contributed by atoms with Crippen molar-refractivity contribution in [1.29, 1.82) is 5.26 Å². The summed E-state index contributed by atoms with van der Waals surface area (Å²) in [5.41, 5.74) is 7.20. The van der Waals surface area contributed by atoms with E-state index in [0.29, 0.717) is 27.8 Å². The zero-order chi connectivity index (χ0) is 17.5. The highest BCUT2D eigenvalue weighted by Gasteiger charge is 2.12. The van der Waals surface area contributed by atoms with Crippen molar-refractivity contribution in [2.24, 2.45) is 0 Å². The quantitative estimate of drug-likeness (QED) is 0.439. The number of benzene rings is 2. The van der Waals surface area contributed by atoms with Crippen molar-refractivity contribution in [2.75, 3.05) is 23.5 Å². The van der Waals surface area contributed by atoms with E-state index in [2.05, 4.69) is 10.6 Å². The second kappa shape index (κ2) is 7.90. The molecule has 7 heteroatoms. The molecule has 0 aromatic heterocycles. The number of nitrogen functional groups attached to an aromatic ring is 1. The van der Waals surface area contributed by atoms with Crippen LogP contribution in [0.2, 0.25) is 5.02 Å². The number of hydrogen-bond acceptors (Lipinski definition) is 5. The maximum Gasteiger partial charge on any atom is 0.267 e. The zero-order valence-corrected chi connectivity index (χ0v) is 13.6. The van der Waals surface area contributed by atoms with Crippen LogP contribution < -0.4 is 21.1 Å². The van der Waals surface area contributed by atoms with Gasteiger partial charge >= 0.3 is 0 Å². The van der Waals surface area contributed by atoms with Gasteiger partial charge in [-0.15, -0.1) is 0 Å². The first kappa shape index (κ1) is 17.2. The minimum absolute atomic E-state index is 0.103. The molecule has 0 bridgehead atoms. The highest BCUT2D eigenvalue weighted by Crippen LogP contribution is 2.28. The number of nitrogens with one attached hydrogen (secondary N) is 2. The van der Waals surface area contributed by atoms with Crippen LogP contribution in [0, 0.1) is 11.3 Å². The Bertz CT molecular complexity index is 810. The van der Waals surface area contributed by atoms with E-state index in [1.807, 2.05) is 6.07 Å². The summed E-state index contributed by atoms with van der Waals surface area (Å²) >= 11 is 5.92. The molecule has 0 spiro atoms. The standard InChI is InChI=1S/C17H15ClN4O2/c1-24-16-7-2-12(18)8-15(16)22-17(23)11(9-19)10-21-14-5-3-13(20)4-6-14/h2-8,10,21H,20H2,1H3,(H,22,23)/b11-10-. The van der Waals surface area contributed by atoms with Gasteiger partial charge in [0.25, 0.3) is 5.91 Å². The van der Waals surface area contributed by atoms with Crippen LogP contribution in [-0.4, -0.2) is 13.0 Å². The van der Waals surface area contributed by atoms with Gasteiger partial charge in [0.2, 0.25) is 0 Å². The number of nitrogens with zero attached hydrogens (tertiary/aromatic N) is 1. The molecular weight excluding hydrogens is 328 g/mol. The van der Waals surface area contributed by atoms with Crippen LogP contribution in [0.4, 0.5) is 17.1 Å². The number of carbonyl (C=O) groups is 1. The summed E-state index contributed by atoms with van der Waals surface area (Å²) in [4.78, 5) is 12.2. The largest absolute Gasteiger partial charge is 0.495 e. The molecule has 0 saturated heterocycles. The maximum atomic E-state index is 12.2. The topological polar surface area (TPSA) is 100 Å². The van der Waals surface area contributed by atoms with Crippen molar-refractivity contribution in [3.8, 4) is 11.8 Å². The molecule has 2 rings (SSSR count). The number of amides is 1. The molecule has 0 heterocycles. The number of methoxy groups -OCH3 is 1. The van der Waals surface area contributed by atoms with E-state index < -0.39 is 5.91 Å². The van der Waals surface area contributed by atoms with E-state index in [4.69, 9.17) is 22.1 Å². The van der Waals surface area contributed by atoms with Crippen molar-refractivity contribution < 1.29 is 9.53 Å². The number of anilines is 3. The molecule has 0 aliphatic rings. The first-order valence-electron chi connectivity index (χ1n) is 6.90. The SMILES string of the molecule is COc1ccc(Cl)cc1NC(=O)/C(C#N)=C\Nc1ccc(N)cc1. The fraction of sp³-hybridized carbons (Fsp3) is 0.0588. The molecule has 0 aliphatic carbocycles. The Labute approximate surface area is 144 Å². The lowest BCUT2D eigenvalue weighted by molar-refractivity contribution is -0.112. The van der Waals surface area contributed by atoms with Gasteiger partial charge < -0.3 is 21.1 Å². The lowest BCUT2D eigenvalue weighted by Crippen LogP contribution is -2.15. The number of carbonyl (C=O) groups excluding carboxylic acids is 1. The van der Waals surface area contributed by atoms with Crippen LogP contribution in [0.15, 0.2) is 54.2 Å². The molecule has 122 valence electrons. The summed E-state index contributed by atoms with van der Waals surface area (Å²) in [5.74, 6) is -0.141. The number of halogens is 1. The van der Waals surface area contributed by atoms with Gasteiger partial charge in [0.05, 0.1) is 12.8 Å². The van der Waals surface area contributed by atoms with Crippen LogP contribution in [-0.2, 0) is 4.79 Å². The lowest BCUT2D eigenvalue weighted by atomic mass is 10.2. The molecule has 2 aromatic rings. The third-order valence-corrected chi connectivity index (χ3v) is 3.30. The highest BCUT2D eigenvalue weighted by atomic mass is 35.5. The monoisotopic (exact) mass is 342 g/mol. The van der Waals surface area contributed by atoms with Crippen LogP contribution in [0.1, 0.15) is 0 Å². The molecule has 0 radical (unpaired) electrons. The molecular formula is C17H15ClN4O2. The minimum Gasteiger partial charge on any atom is -0.495 e. The minimum atomic E-state index is -0.582. The van der Waals surface area contributed by atoms with Gasteiger partial charge in [0.1, 0.15) is 17.4 Å². The molecule has 1 amide bonds. The van der Waals surface area contributed by atoms with Crippen molar-refractivity contribution >= 4 is 34.6 Å². The predicted molar refractivity (Wildman–Crippen MR) is 94.8 cm³/mol. The van der Waals surface area contributed by atoms with Crippen LogP contribution in [0.3, 0.4) is 0 Å². The predicted octanol–water partition coefficient (Wildman–Crippen LogP) is 3.39. The van der Waals surface area contributed by atoms with Crippen molar-refractivity contribution in [1.82, 2.24) is 0 Å². The summed E-state index contributed by atoms with van der Waals surface area (Å²) in [6.07, 6.45) is 1.32.